The van der Waals surface area contributed by atoms with Gasteiger partial charge >= 0.3 is 0 Å². The lowest BCUT2D eigenvalue weighted by molar-refractivity contribution is -0.142. The number of carbonyl (C=O) groups is 3. The standard InChI is InChI=1S/C27H40N4O4S/c1-7-30(8-2)18-11-9-17(10-12-18)29-25(34)23-27-16(5)13-20(36-27)21(24(33)28-6)22(27)26(35)31(23)19(14-32)15(3)4/h9-12,15-16,19-23,32H,7-8,13-14H2,1-6H3,(H,28,33)(H,29,34)/t16?,19-,20-,21+,22-,23?,27?/m0/s1. The molecule has 3 amide bonds. The van der Waals surface area contributed by atoms with Crippen molar-refractivity contribution in [3.63, 3.8) is 0 Å². The van der Waals surface area contributed by atoms with Gasteiger partial charge in [0.1, 0.15) is 6.04 Å². The van der Waals surface area contributed by atoms with E-state index in [0.29, 0.717) is 5.69 Å². The van der Waals surface area contributed by atoms with Gasteiger partial charge < -0.3 is 25.5 Å². The van der Waals surface area contributed by atoms with E-state index in [4.69, 9.17) is 0 Å². The molecule has 1 aromatic rings. The van der Waals surface area contributed by atoms with Crippen molar-refractivity contribution in [2.75, 3.05) is 37.0 Å². The Labute approximate surface area is 218 Å². The number of aliphatic hydroxyl groups excluding tert-OH is 1. The molecule has 2 bridgehead atoms. The van der Waals surface area contributed by atoms with Gasteiger partial charge in [0.05, 0.1) is 29.2 Å². The Morgan fingerprint density at radius 1 is 1.19 bits per heavy atom. The quantitative estimate of drug-likeness (QED) is 0.466. The fourth-order valence-electron chi connectivity index (χ4n) is 6.76. The molecule has 0 aromatic heterocycles. The number of hydrogen-bond donors (Lipinski definition) is 3. The van der Waals surface area contributed by atoms with E-state index in [9.17, 15) is 19.5 Å². The van der Waals surface area contributed by atoms with Gasteiger partial charge in [-0.25, -0.2) is 0 Å². The highest BCUT2D eigenvalue weighted by molar-refractivity contribution is 8.02. The smallest absolute Gasteiger partial charge is 0.248 e. The number of amides is 3. The number of aliphatic hydroxyl groups is 1. The molecule has 3 N–H and O–H groups in total. The topological polar surface area (TPSA) is 102 Å². The second-order valence-electron chi connectivity index (χ2n) is 10.6. The summed E-state index contributed by atoms with van der Waals surface area (Å²) in [6.45, 7) is 11.8. The summed E-state index contributed by atoms with van der Waals surface area (Å²) in [6.07, 6.45) is 0.786. The molecule has 9 heteroatoms. The number of rotatable bonds is 9. The lowest BCUT2D eigenvalue weighted by atomic mass is 9.66. The lowest BCUT2D eigenvalue weighted by Gasteiger charge is -2.40. The molecule has 3 unspecified atom stereocenters. The predicted molar refractivity (Wildman–Crippen MR) is 144 cm³/mol. The summed E-state index contributed by atoms with van der Waals surface area (Å²) in [5, 5.41) is 16.1. The minimum absolute atomic E-state index is 0.00586. The van der Waals surface area contributed by atoms with Crippen LogP contribution in [0.1, 0.15) is 41.0 Å². The Bertz CT molecular complexity index is 998. The molecule has 36 heavy (non-hydrogen) atoms. The average molecular weight is 517 g/mol. The molecular weight excluding hydrogens is 476 g/mol. The highest BCUT2D eigenvalue weighted by atomic mass is 32.2. The molecule has 0 saturated carbocycles. The molecule has 198 valence electrons. The Morgan fingerprint density at radius 3 is 2.36 bits per heavy atom. The molecule has 8 nitrogen and oxygen atoms in total. The molecule has 1 aromatic carbocycles. The number of benzene rings is 1. The summed E-state index contributed by atoms with van der Waals surface area (Å²) < 4.78 is -0.702. The van der Waals surface area contributed by atoms with E-state index < -0.39 is 28.7 Å². The van der Waals surface area contributed by atoms with Crippen LogP contribution in [0.25, 0.3) is 0 Å². The van der Waals surface area contributed by atoms with Crippen molar-refractivity contribution in [1.82, 2.24) is 10.2 Å². The number of likely N-dealkylation sites (tertiary alicyclic amines) is 1. The third-order valence-electron chi connectivity index (χ3n) is 8.56. The molecule has 4 rings (SSSR count). The fraction of sp³-hybridized carbons (Fsp3) is 0.667. The molecule has 0 aliphatic carbocycles. The van der Waals surface area contributed by atoms with Crippen LogP contribution in [0.4, 0.5) is 11.4 Å². The van der Waals surface area contributed by atoms with Crippen LogP contribution < -0.4 is 15.5 Å². The van der Waals surface area contributed by atoms with Gasteiger partial charge in [0.2, 0.25) is 17.7 Å². The molecule has 3 fully saturated rings. The van der Waals surface area contributed by atoms with Crippen LogP contribution >= 0.6 is 11.8 Å². The van der Waals surface area contributed by atoms with E-state index in [0.717, 1.165) is 25.2 Å². The molecule has 1 spiro atoms. The summed E-state index contributed by atoms with van der Waals surface area (Å²) in [5.41, 5.74) is 1.75. The third-order valence-corrected chi connectivity index (χ3v) is 10.6. The maximum atomic E-state index is 14.1. The van der Waals surface area contributed by atoms with E-state index in [1.807, 2.05) is 38.1 Å². The van der Waals surface area contributed by atoms with Crippen molar-refractivity contribution in [3.05, 3.63) is 24.3 Å². The number of fused-ring (bicyclic) bond motifs is 1. The van der Waals surface area contributed by atoms with Crippen molar-refractivity contribution in [2.24, 2.45) is 23.7 Å². The second-order valence-corrected chi connectivity index (χ2v) is 12.2. The summed E-state index contributed by atoms with van der Waals surface area (Å²) in [6, 6.07) is 6.50. The molecule has 3 aliphatic rings. The lowest BCUT2D eigenvalue weighted by Crippen LogP contribution is -2.57. The molecule has 3 aliphatic heterocycles. The zero-order chi connectivity index (χ0) is 26.4. The van der Waals surface area contributed by atoms with E-state index in [2.05, 4.69) is 36.3 Å². The van der Waals surface area contributed by atoms with Gasteiger partial charge in [-0.2, -0.15) is 0 Å². The summed E-state index contributed by atoms with van der Waals surface area (Å²) in [7, 11) is 1.60. The van der Waals surface area contributed by atoms with Crippen LogP contribution in [0.2, 0.25) is 0 Å². The minimum Gasteiger partial charge on any atom is -0.394 e. The number of hydrogen-bond acceptors (Lipinski definition) is 6. The summed E-state index contributed by atoms with van der Waals surface area (Å²) >= 11 is 1.64. The van der Waals surface area contributed by atoms with Crippen LogP contribution in [-0.4, -0.2) is 76.6 Å². The van der Waals surface area contributed by atoms with Crippen molar-refractivity contribution in [3.8, 4) is 0 Å². The Hall–Kier alpha value is -2.26. The van der Waals surface area contributed by atoms with Gasteiger partial charge in [-0.1, -0.05) is 20.8 Å². The maximum absolute atomic E-state index is 14.1. The molecule has 3 heterocycles. The van der Waals surface area contributed by atoms with E-state index in [1.54, 1.807) is 23.7 Å². The van der Waals surface area contributed by atoms with Crippen LogP contribution in [0.3, 0.4) is 0 Å². The van der Waals surface area contributed by atoms with E-state index in [1.165, 1.54) is 0 Å². The first-order chi connectivity index (χ1) is 17.2. The molecule has 3 saturated heterocycles. The van der Waals surface area contributed by atoms with Crippen molar-refractivity contribution < 1.29 is 19.5 Å². The first-order valence-corrected chi connectivity index (χ1v) is 14.0. The average Bonchev–Trinajstić information content (AvgIpc) is 3.45. The van der Waals surface area contributed by atoms with Crippen LogP contribution in [-0.2, 0) is 14.4 Å². The van der Waals surface area contributed by atoms with Crippen LogP contribution in [0.5, 0.6) is 0 Å². The number of nitrogens with zero attached hydrogens (tertiary/aromatic N) is 2. The summed E-state index contributed by atoms with van der Waals surface area (Å²) in [4.78, 5) is 44.9. The van der Waals surface area contributed by atoms with Gasteiger partial charge in [-0.05, 0) is 56.4 Å². The third kappa shape index (κ3) is 3.99. The van der Waals surface area contributed by atoms with Crippen molar-refractivity contribution >= 4 is 40.9 Å². The van der Waals surface area contributed by atoms with E-state index >= 15 is 0 Å². The number of thioether (sulfide) groups is 1. The molecule has 7 atom stereocenters. The number of anilines is 2. The van der Waals surface area contributed by atoms with Crippen LogP contribution in [0, 0.1) is 23.7 Å². The van der Waals surface area contributed by atoms with Gasteiger partial charge in [0.25, 0.3) is 0 Å². The van der Waals surface area contributed by atoms with E-state index in [-0.39, 0.29) is 41.4 Å². The predicted octanol–water partition coefficient (Wildman–Crippen LogP) is 2.57. The Balaban J connectivity index is 1.72. The highest BCUT2D eigenvalue weighted by Gasteiger charge is 2.76. The number of nitrogens with one attached hydrogen (secondary N) is 2. The van der Waals surface area contributed by atoms with Crippen molar-refractivity contribution in [2.45, 2.75) is 63.1 Å². The molecule has 0 radical (unpaired) electrons. The second kappa shape index (κ2) is 10.2. The van der Waals surface area contributed by atoms with Gasteiger partial charge in [-0.3, -0.25) is 14.4 Å². The van der Waals surface area contributed by atoms with Gasteiger partial charge in [-0.15, -0.1) is 11.8 Å². The molecular formula is C27H40N4O4S. The minimum atomic E-state index is -0.767. The normalized spacial score (nSPS) is 31.5. The first kappa shape index (κ1) is 26.8. The fourth-order valence-corrected chi connectivity index (χ4v) is 9.17. The van der Waals surface area contributed by atoms with Gasteiger partial charge in [0.15, 0.2) is 0 Å². The first-order valence-electron chi connectivity index (χ1n) is 13.1. The highest BCUT2D eigenvalue weighted by Crippen LogP contribution is 2.68. The van der Waals surface area contributed by atoms with Crippen LogP contribution in [0.15, 0.2) is 24.3 Å². The van der Waals surface area contributed by atoms with Crippen molar-refractivity contribution in [1.29, 1.82) is 0 Å². The Kier molecular flexibility index (Phi) is 7.62. The zero-order valence-corrected chi connectivity index (χ0v) is 23.0. The maximum Gasteiger partial charge on any atom is 0.248 e. The largest absolute Gasteiger partial charge is 0.394 e. The summed E-state index contributed by atoms with van der Waals surface area (Å²) in [5.74, 6) is -1.59. The SMILES string of the molecule is CCN(CC)c1ccc(NC(=O)C2N([C@@H](CO)C(C)C)C(=O)[C@@H]3[C@H](C(=O)NC)[C@@H]4CC(C)C23S4)cc1. The zero-order valence-electron chi connectivity index (χ0n) is 22.2. The number of carbonyl (C=O) groups excluding carboxylic acids is 3. The Morgan fingerprint density at radius 2 is 1.83 bits per heavy atom. The van der Waals surface area contributed by atoms with Gasteiger partial charge in [0, 0.05) is 36.8 Å². The monoisotopic (exact) mass is 516 g/mol.